The van der Waals surface area contributed by atoms with Gasteiger partial charge in [0.05, 0.1) is 16.6 Å². The van der Waals surface area contributed by atoms with Crippen LogP contribution in [0.5, 0.6) is 0 Å². The molecule has 0 radical (unpaired) electrons. The maximum atomic E-state index is 12.2. The van der Waals surface area contributed by atoms with E-state index in [1.807, 2.05) is 20.8 Å². The summed E-state index contributed by atoms with van der Waals surface area (Å²) in [5, 5.41) is 0. The highest BCUT2D eigenvalue weighted by molar-refractivity contribution is 7.86. The molecular formula is C14H20O4S. The van der Waals surface area contributed by atoms with E-state index >= 15 is 0 Å². The molecule has 0 aromatic heterocycles. The number of benzene rings is 1. The van der Waals surface area contributed by atoms with Crippen molar-refractivity contribution in [2.24, 2.45) is 0 Å². The molecule has 19 heavy (non-hydrogen) atoms. The van der Waals surface area contributed by atoms with Gasteiger partial charge in [-0.1, -0.05) is 17.7 Å². The predicted octanol–water partition coefficient (Wildman–Crippen LogP) is 2.66. The molecule has 2 rings (SSSR count). The minimum Gasteiger partial charge on any atom is -0.375 e. The molecule has 1 aromatic rings. The third kappa shape index (κ3) is 3.78. The first-order valence-corrected chi connectivity index (χ1v) is 7.83. The van der Waals surface area contributed by atoms with E-state index in [2.05, 4.69) is 0 Å². The fourth-order valence-electron chi connectivity index (χ4n) is 2.20. The van der Waals surface area contributed by atoms with Crippen molar-refractivity contribution in [3.63, 3.8) is 0 Å². The van der Waals surface area contributed by atoms with Crippen molar-refractivity contribution >= 4 is 10.1 Å². The average molecular weight is 284 g/mol. The van der Waals surface area contributed by atoms with E-state index in [0.717, 1.165) is 5.56 Å². The zero-order valence-corrected chi connectivity index (χ0v) is 12.4. The summed E-state index contributed by atoms with van der Waals surface area (Å²) in [6.45, 7) is 6.33. The third-order valence-corrected chi connectivity index (χ3v) is 4.60. The van der Waals surface area contributed by atoms with Crippen molar-refractivity contribution < 1.29 is 17.3 Å². The van der Waals surface area contributed by atoms with Crippen LogP contribution in [0.1, 0.15) is 32.3 Å². The summed E-state index contributed by atoms with van der Waals surface area (Å²) in [6.07, 6.45) is 0.877. The van der Waals surface area contributed by atoms with Gasteiger partial charge >= 0.3 is 0 Å². The van der Waals surface area contributed by atoms with Gasteiger partial charge in [0.2, 0.25) is 0 Å². The number of hydrogen-bond acceptors (Lipinski definition) is 4. The largest absolute Gasteiger partial charge is 0.375 e. The molecule has 0 spiro atoms. The van der Waals surface area contributed by atoms with Crippen molar-refractivity contribution in [3.8, 4) is 0 Å². The van der Waals surface area contributed by atoms with Crippen LogP contribution in [0.15, 0.2) is 29.2 Å². The lowest BCUT2D eigenvalue weighted by Crippen LogP contribution is -2.38. The molecule has 1 heterocycles. The van der Waals surface area contributed by atoms with Gasteiger partial charge in [0.25, 0.3) is 10.1 Å². The van der Waals surface area contributed by atoms with Gasteiger partial charge < -0.3 is 4.74 Å². The Balaban J connectivity index is 2.11. The van der Waals surface area contributed by atoms with Gasteiger partial charge in [0, 0.05) is 13.0 Å². The Kier molecular flexibility index (Phi) is 3.99. The van der Waals surface area contributed by atoms with E-state index in [1.165, 1.54) is 0 Å². The Morgan fingerprint density at radius 2 is 1.89 bits per heavy atom. The van der Waals surface area contributed by atoms with E-state index in [-0.39, 0.29) is 16.6 Å². The SMILES string of the molecule is Cc1ccc(S(=O)(=O)OC2CCOC(C)(C)C2)cc1. The molecule has 0 N–H and O–H groups in total. The van der Waals surface area contributed by atoms with Crippen LogP contribution in [0.4, 0.5) is 0 Å². The zero-order chi connectivity index (χ0) is 14.1. The minimum absolute atomic E-state index is 0.211. The van der Waals surface area contributed by atoms with Crippen molar-refractivity contribution in [1.82, 2.24) is 0 Å². The van der Waals surface area contributed by atoms with Crippen LogP contribution < -0.4 is 0 Å². The highest BCUT2D eigenvalue weighted by Crippen LogP contribution is 2.28. The smallest absolute Gasteiger partial charge is 0.297 e. The molecule has 1 fully saturated rings. The van der Waals surface area contributed by atoms with E-state index in [4.69, 9.17) is 8.92 Å². The normalized spacial score (nSPS) is 23.2. The van der Waals surface area contributed by atoms with E-state index in [0.29, 0.717) is 19.4 Å². The first-order valence-electron chi connectivity index (χ1n) is 6.42. The highest BCUT2D eigenvalue weighted by atomic mass is 32.2. The van der Waals surface area contributed by atoms with E-state index < -0.39 is 10.1 Å². The van der Waals surface area contributed by atoms with Crippen LogP contribution in [-0.4, -0.2) is 26.7 Å². The number of ether oxygens (including phenoxy) is 1. The lowest BCUT2D eigenvalue weighted by atomic mass is 9.96. The van der Waals surface area contributed by atoms with Crippen molar-refractivity contribution in [2.75, 3.05) is 6.61 Å². The summed E-state index contributed by atoms with van der Waals surface area (Å²) in [5.41, 5.74) is 0.692. The molecular weight excluding hydrogens is 264 g/mol. The third-order valence-electron chi connectivity index (χ3n) is 3.22. The molecule has 1 aromatic carbocycles. The molecule has 106 valence electrons. The van der Waals surface area contributed by atoms with Gasteiger partial charge in [0.15, 0.2) is 0 Å². The van der Waals surface area contributed by atoms with Crippen LogP contribution in [0, 0.1) is 6.92 Å². The maximum absolute atomic E-state index is 12.2. The summed E-state index contributed by atoms with van der Waals surface area (Å²) in [4.78, 5) is 0.211. The van der Waals surface area contributed by atoms with Crippen LogP contribution in [0.25, 0.3) is 0 Å². The quantitative estimate of drug-likeness (QED) is 0.801. The standard InChI is InChI=1S/C14H20O4S/c1-11-4-6-13(7-5-11)19(15,16)18-12-8-9-17-14(2,3)10-12/h4-7,12H,8-10H2,1-3H3. The first-order chi connectivity index (χ1) is 8.78. The Labute approximate surface area is 114 Å². The molecule has 0 bridgehead atoms. The summed E-state index contributed by atoms with van der Waals surface area (Å²) in [6, 6.07) is 6.69. The summed E-state index contributed by atoms with van der Waals surface area (Å²) in [7, 11) is -3.68. The zero-order valence-electron chi connectivity index (χ0n) is 11.5. The Morgan fingerprint density at radius 3 is 2.47 bits per heavy atom. The highest BCUT2D eigenvalue weighted by Gasteiger charge is 2.32. The summed E-state index contributed by atoms with van der Waals surface area (Å²) in [5.74, 6) is 0. The second kappa shape index (κ2) is 5.23. The predicted molar refractivity (Wildman–Crippen MR) is 72.5 cm³/mol. The van der Waals surface area contributed by atoms with Crippen LogP contribution in [-0.2, 0) is 19.0 Å². The van der Waals surface area contributed by atoms with Crippen LogP contribution >= 0.6 is 0 Å². The maximum Gasteiger partial charge on any atom is 0.297 e. The Morgan fingerprint density at radius 1 is 1.26 bits per heavy atom. The first kappa shape index (κ1) is 14.5. The monoisotopic (exact) mass is 284 g/mol. The molecule has 0 amide bonds. The fraction of sp³-hybridized carbons (Fsp3) is 0.571. The van der Waals surface area contributed by atoms with Crippen molar-refractivity contribution in [2.45, 2.75) is 50.2 Å². The van der Waals surface area contributed by atoms with Gasteiger partial charge in [-0.15, -0.1) is 0 Å². The second-order valence-electron chi connectivity index (χ2n) is 5.59. The number of aryl methyl sites for hydroxylation is 1. The van der Waals surface area contributed by atoms with Crippen molar-refractivity contribution in [3.05, 3.63) is 29.8 Å². The minimum atomic E-state index is -3.68. The molecule has 0 saturated carbocycles. The topological polar surface area (TPSA) is 52.6 Å². The molecule has 0 aliphatic carbocycles. The average Bonchev–Trinajstić information content (AvgIpc) is 2.27. The van der Waals surface area contributed by atoms with Crippen molar-refractivity contribution in [1.29, 1.82) is 0 Å². The fourth-order valence-corrected chi connectivity index (χ4v) is 3.30. The van der Waals surface area contributed by atoms with E-state index in [1.54, 1.807) is 24.3 Å². The molecule has 5 heteroatoms. The van der Waals surface area contributed by atoms with Gasteiger partial charge in [-0.25, -0.2) is 0 Å². The van der Waals surface area contributed by atoms with Gasteiger partial charge in [-0.2, -0.15) is 8.42 Å². The Hall–Kier alpha value is -0.910. The van der Waals surface area contributed by atoms with Crippen LogP contribution in [0.2, 0.25) is 0 Å². The lowest BCUT2D eigenvalue weighted by molar-refractivity contribution is -0.0884. The second-order valence-corrected chi connectivity index (χ2v) is 7.16. The molecule has 1 atom stereocenters. The molecule has 4 nitrogen and oxygen atoms in total. The summed E-state index contributed by atoms with van der Waals surface area (Å²) >= 11 is 0. The van der Waals surface area contributed by atoms with E-state index in [9.17, 15) is 8.42 Å². The number of rotatable bonds is 3. The van der Waals surface area contributed by atoms with Crippen LogP contribution in [0.3, 0.4) is 0 Å². The Bertz CT molecular complexity index is 531. The van der Waals surface area contributed by atoms with Gasteiger partial charge in [-0.3, -0.25) is 4.18 Å². The van der Waals surface area contributed by atoms with Gasteiger partial charge in [-0.05, 0) is 39.3 Å². The number of hydrogen-bond donors (Lipinski definition) is 0. The van der Waals surface area contributed by atoms with Gasteiger partial charge in [0.1, 0.15) is 0 Å². The lowest BCUT2D eigenvalue weighted by Gasteiger charge is -2.34. The summed E-state index contributed by atoms with van der Waals surface area (Å²) < 4.78 is 35.2. The molecule has 1 saturated heterocycles. The molecule has 1 aliphatic heterocycles. The molecule has 1 aliphatic rings. The molecule has 1 unspecified atom stereocenters.